The van der Waals surface area contributed by atoms with Gasteiger partial charge in [-0.1, -0.05) is 26.0 Å². The lowest BCUT2D eigenvalue weighted by molar-refractivity contribution is -0.118. The Morgan fingerprint density at radius 3 is 2.72 bits per heavy atom. The van der Waals surface area contributed by atoms with Crippen molar-refractivity contribution in [2.75, 3.05) is 32.5 Å². The van der Waals surface area contributed by atoms with Gasteiger partial charge in [-0.05, 0) is 43.4 Å². The summed E-state index contributed by atoms with van der Waals surface area (Å²) < 4.78 is 0. The van der Waals surface area contributed by atoms with Gasteiger partial charge < -0.3 is 15.5 Å². The molecule has 0 aliphatic heterocycles. The minimum Gasteiger partial charge on any atom is -0.326 e. The first-order valence-electron chi connectivity index (χ1n) is 8.68. The number of anilines is 1. The molecule has 1 amide bonds. The van der Waals surface area contributed by atoms with Gasteiger partial charge in [0, 0.05) is 49.2 Å². The SMILES string of the molecule is CNCCN(C)Cc1cncc(-c2cccc(NC(=O)C(C)C)c2)c1. The zero-order chi connectivity index (χ0) is 18.2. The molecule has 0 aliphatic carbocycles. The van der Waals surface area contributed by atoms with E-state index in [0.717, 1.165) is 36.4 Å². The molecule has 2 N–H and O–H groups in total. The first-order chi connectivity index (χ1) is 12.0. The maximum atomic E-state index is 11.9. The largest absolute Gasteiger partial charge is 0.326 e. The second-order valence-corrected chi connectivity index (χ2v) is 6.65. The molecule has 0 spiro atoms. The van der Waals surface area contributed by atoms with Crippen molar-refractivity contribution in [3.05, 3.63) is 48.3 Å². The van der Waals surface area contributed by atoms with Crippen LogP contribution in [0.1, 0.15) is 19.4 Å². The monoisotopic (exact) mass is 340 g/mol. The van der Waals surface area contributed by atoms with Gasteiger partial charge in [0.1, 0.15) is 0 Å². The summed E-state index contributed by atoms with van der Waals surface area (Å²) in [6.45, 7) is 6.57. The van der Waals surface area contributed by atoms with Crippen LogP contribution in [0.4, 0.5) is 5.69 Å². The van der Waals surface area contributed by atoms with Crippen LogP contribution < -0.4 is 10.6 Å². The molecule has 2 rings (SSSR count). The Morgan fingerprint density at radius 2 is 2.00 bits per heavy atom. The van der Waals surface area contributed by atoms with Crippen LogP contribution in [0.3, 0.4) is 0 Å². The predicted molar refractivity (Wildman–Crippen MR) is 103 cm³/mol. The van der Waals surface area contributed by atoms with Crippen molar-refractivity contribution in [2.24, 2.45) is 5.92 Å². The van der Waals surface area contributed by atoms with Gasteiger partial charge in [0.25, 0.3) is 0 Å². The zero-order valence-corrected chi connectivity index (χ0v) is 15.5. The van der Waals surface area contributed by atoms with E-state index in [0.29, 0.717) is 0 Å². The van der Waals surface area contributed by atoms with Crippen molar-refractivity contribution in [2.45, 2.75) is 20.4 Å². The lowest BCUT2D eigenvalue weighted by atomic mass is 10.0. The Bertz CT molecular complexity index is 700. The number of hydrogen-bond donors (Lipinski definition) is 2. The fraction of sp³-hybridized carbons (Fsp3) is 0.400. The Morgan fingerprint density at radius 1 is 1.20 bits per heavy atom. The van der Waals surface area contributed by atoms with Crippen LogP contribution in [0.2, 0.25) is 0 Å². The lowest BCUT2D eigenvalue weighted by Crippen LogP contribution is -2.26. The third-order valence-electron chi connectivity index (χ3n) is 3.98. The number of carbonyl (C=O) groups is 1. The summed E-state index contributed by atoms with van der Waals surface area (Å²) in [6.07, 6.45) is 3.77. The highest BCUT2D eigenvalue weighted by Gasteiger charge is 2.08. The van der Waals surface area contributed by atoms with Crippen molar-refractivity contribution >= 4 is 11.6 Å². The fourth-order valence-electron chi connectivity index (χ4n) is 2.49. The highest BCUT2D eigenvalue weighted by molar-refractivity contribution is 5.92. The Kier molecular flexibility index (Phi) is 7.10. The molecule has 1 aromatic carbocycles. The third kappa shape index (κ3) is 5.96. The van der Waals surface area contributed by atoms with Crippen molar-refractivity contribution < 1.29 is 4.79 Å². The average molecular weight is 340 g/mol. The number of hydrogen-bond acceptors (Lipinski definition) is 4. The van der Waals surface area contributed by atoms with Gasteiger partial charge in [0.15, 0.2) is 0 Å². The average Bonchev–Trinajstić information content (AvgIpc) is 2.60. The Hall–Kier alpha value is -2.24. The number of aromatic nitrogens is 1. The van der Waals surface area contributed by atoms with E-state index in [1.165, 1.54) is 5.56 Å². The number of pyridine rings is 1. The smallest absolute Gasteiger partial charge is 0.226 e. The van der Waals surface area contributed by atoms with E-state index in [1.54, 1.807) is 0 Å². The normalized spacial score (nSPS) is 11.1. The molecule has 1 aromatic heterocycles. The molecule has 2 aromatic rings. The van der Waals surface area contributed by atoms with Crippen LogP contribution >= 0.6 is 0 Å². The number of nitrogens with one attached hydrogen (secondary N) is 2. The fourth-order valence-corrected chi connectivity index (χ4v) is 2.49. The third-order valence-corrected chi connectivity index (χ3v) is 3.98. The summed E-state index contributed by atoms with van der Waals surface area (Å²) in [5.41, 5.74) is 4.09. The maximum absolute atomic E-state index is 11.9. The van der Waals surface area contributed by atoms with Crippen molar-refractivity contribution in [3.63, 3.8) is 0 Å². The summed E-state index contributed by atoms with van der Waals surface area (Å²) >= 11 is 0. The van der Waals surface area contributed by atoms with Crippen LogP contribution in [-0.2, 0) is 11.3 Å². The summed E-state index contributed by atoms with van der Waals surface area (Å²) in [5.74, 6) is -0.0167. The maximum Gasteiger partial charge on any atom is 0.226 e. The summed E-state index contributed by atoms with van der Waals surface area (Å²) in [5, 5.41) is 6.11. The molecule has 134 valence electrons. The van der Waals surface area contributed by atoms with Gasteiger partial charge in [-0.2, -0.15) is 0 Å². The predicted octanol–water partition coefficient (Wildman–Crippen LogP) is 2.99. The number of amides is 1. The minimum absolute atomic E-state index is 0.0233. The molecular weight excluding hydrogens is 312 g/mol. The number of carbonyl (C=O) groups excluding carboxylic acids is 1. The van der Waals surface area contributed by atoms with Gasteiger partial charge in [-0.3, -0.25) is 9.78 Å². The van der Waals surface area contributed by atoms with E-state index >= 15 is 0 Å². The quantitative estimate of drug-likeness (QED) is 0.776. The first kappa shape index (κ1) is 19.1. The lowest BCUT2D eigenvalue weighted by Gasteiger charge is -2.16. The summed E-state index contributed by atoms with van der Waals surface area (Å²) in [4.78, 5) is 18.5. The van der Waals surface area contributed by atoms with E-state index in [2.05, 4.69) is 33.6 Å². The summed E-state index contributed by atoms with van der Waals surface area (Å²) in [7, 11) is 4.06. The number of rotatable bonds is 8. The highest BCUT2D eigenvalue weighted by Crippen LogP contribution is 2.23. The molecule has 25 heavy (non-hydrogen) atoms. The van der Waals surface area contributed by atoms with Gasteiger partial charge in [-0.15, -0.1) is 0 Å². The molecule has 0 radical (unpaired) electrons. The van der Waals surface area contributed by atoms with Gasteiger partial charge in [0.05, 0.1) is 0 Å². The second-order valence-electron chi connectivity index (χ2n) is 6.65. The molecule has 0 saturated carbocycles. The van der Waals surface area contributed by atoms with E-state index in [4.69, 9.17) is 0 Å². The van der Waals surface area contributed by atoms with E-state index in [9.17, 15) is 4.79 Å². The van der Waals surface area contributed by atoms with Gasteiger partial charge in [0.2, 0.25) is 5.91 Å². The standard InChI is InChI=1S/C20H28N4O/c1-15(2)20(25)23-19-7-5-6-17(11-19)18-10-16(12-22-13-18)14-24(4)9-8-21-3/h5-7,10-13,15,21H,8-9,14H2,1-4H3,(H,23,25). The van der Waals surface area contributed by atoms with Crippen molar-refractivity contribution in [3.8, 4) is 11.1 Å². The van der Waals surface area contributed by atoms with Crippen LogP contribution in [0.5, 0.6) is 0 Å². The van der Waals surface area contributed by atoms with E-state index in [-0.39, 0.29) is 11.8 Å². The number of likely N-dealkylation sites (N-methyl/N-ethyl adjacent to an activating group) is 2. The van der Waals surface area contributed by atoms with Crippen LogP contribution in [0.25, 0.3) is 11.1 Å². The highest BCUT2D eigenvalue weighted by atomic mass is 16.1. The Labute approximate surface area is 150 Å². The molecule has 0 fully saturated rings. The zero-order valence-electron chi connectivity index (χ0n) is 15.5. The van der Waals surface area contributed by atoms with E-state index < -0.39 is 0 Å². The molecule has 0 bridgehead atoms. The Balaban J connectivity index is 2.13. The first-order valence-corrected chi connectivity index (χ1v) is 8.68. The molecule has 0 unspecified atom stereocenters. The van der Waals surface area contributed by atoms with Gasteiger partial charge in [-0.25, -0.2) is 0 Å². The molecule has 0 aliphatic rings. The van der Waals surface area contributed by atoms with Crippen molar-refractivity contribution in [1.29, 1.82) is 0 Å². The second kappa shape index (κ2) is 9.30. The van der Waals surface area contributed by atoms with E-state index in [1.807, 2.05) is 57.6 Å². The molecule has 1 heterocycles. The van der Waals surface area contributed by atoms with Crippen LogP contribution in [-0.4, -0.2) is 43.0 Å². The summed E-state index contributed by atoms with van der Waals surface area (Å²) in [6, 6.07) is 10.1. The van der Waals surface area contributed by atoms with Crippen LogP contribution in [0, 0.1) is 5.92 Å². The molecule has 5 heteroatoms. The minimum atomic E-state index is -0.0400. The molecule has 0 atom stereocenters. The van der Waals surface area contributed by atoms with Crippen LogP contribution in [0.15, 0.2) is 42.7 Å². The number of benzene rings is 1. The molecule has 0 saturated heterocycles. The topological polar surface area (TPSA) is 57.3 Å². The number of nitrogens with zero attached hydrogens (tertiary/aromatic N) is 2. The van der Waals surface area contributed by atoms with Crippen molar-refractivity contribution in [1.82, 2.24) is 15.2 Å². The molecule has 5 nitrogen and oxygen atoms in total. The van der Waals surface area contributed by atoms with Gasteiger partial charge >= 0.3 is 0 Å². The molecular formula is C20H28N4O.